The van der Waals surface area contributed by atoms with Crippen LogP contribution in [0.5, 0.6) is 12.0 Å². The maximum absolute atomic E-state index is 13.5. The topological polar surface area (TPSA) is 120 Å². The van der Waals surface area contributed by atoms with Crippen LogP contribution in [0.3, 0.4) is 0 Å². The first-order valence-electron chi connectivity index (χ1n) is 6.66. The number of alkyl halides is 2. The zero-order valence-corrected chi connectivity index (χ0v) is 14.1. The van der Waals surface area contributed by atoms with Gasteiger partial charge in [-0.3, -0.25) is 9.52 Å². The summed E-state index contributed by atoms with van der Waals surface area (Å²) in [6.07, 6.45) is 0. The van der Waals surface area contributed by atoms with E-state index < -0.39 is 44.5 Å². The number of anilines is 1. The SMILES string of the molecule is COc1nc(OC)nc(C(=O)c2cc(F)ccc2NS(=O)(=O)C(F)F)n1. The molecule has 0 saturated carbocycles. The quantitative estimate of drug-likeness (QED) is 0.699. The maximum atomic E-state index is 13.5. The van der Waals surface area contributed by atoms with E-state index in [1.165, 1.54) is 18.9 Å². The minimum atomic E-state index is -5.09. The fraction of sp³-hybridized carbons (Fsp3) is 0.231. The third-order valence-corrected chi connectivity index (χ3v) is 3.85. The second kappa shape index (κ2) is 7.51. The second-order valence-corrected chi connectivity index (χ2v) is 6.21. The Morgan fingerprint density at radius 1 is 1.12 bits per heavy atom. The summed E-state index contributed by atoms with van der Waals surface area (Å²) < 4.78 is 72.4. The molecule has 140 valence electrons. The summed E-state index contributed by atoms with van der Waals surface area (Å²) in [5.41, 5.74) is -1.17. The molecule has 0 spiro atoms. The third-order valence-electron chi connectivity index (χ3n) is 2.88. The number of ether oxygens (including phenoxy) is 2. The van der Waals surface area contributed by atoms with Crippen molar-refractivity contribution in [2.24, 2.45) is 0 Å². The molecule has 0 unspecified atom stereocenters. The van der Waals surface area contributed by atoms with E-state index in [-0.39, 0.29) is 12.0 Å². The van der Waals surface area contributed by atoms with Crippen LogP contribution in [-0.4, -0.2) is 49.1 Å². The van der Waals surface area contributed by atoms with Crippen LogP contribution in [0.2, 0.25) is 0 Å². The molecule has 0 fully saturated rings. The van der Waals surface area contributed by atoms with Crippen LogP contribution in [0.15, 0.2) is 18.2 Å². The lowest BCUT2D eigenvalue weighted by atomic mass is 10.1. The first kappa shape index (κ1) is 19.4. The lowest BCUT2D eigenvalue weighted by molar-refractivity contribution is 0.102. The van der Waals surface area contributed by atoms with Crippen molar-refractivity contribution in [1.82, 2.24) is 15.0 Å². The predicted octanol–water partition coefficient (Wildman–Crippen LogP) is 1.22. The highest BCUT2D eigenvalue weighted by Crippen LogP contribution is 2.23. The smallest absolute Gasteiger partial charge is 0.355 e. The Balaban J connectivity index is 2.54. The molecule has 0 bridgehead atoms. The number of rotatable bonds is 7. The Kier molecular flexibility index (Phi) is 5.59. The highest BCUT2D eigenvalue weighted by molar-refractivity contribution is 7.93. The van der Waals surface area contributed by atoms with E-state index in [1.807, 2.05) is 0 Å². The molecule has 0 atom stereocenters. The summed E-state index contributed by atoms with van der Waals surface area (Å²) in [7, 11) is -2.68. The van der Waals surface area contributed by atoms with Gasteiger partial charge in [-0.2, -0.15) is 18.7 Å². The van der Waals surface area contributed by atoms with E-state index in [4.69, 9.17) is 9.47 Å². The Bertz CT molecular complexity index is 917. The van der Waals surface area contributed by atoms with E-state index in [9.17, 15) is 26.4 Å². The fourth-order valence-corrected chi connectivity index (χ4v) is 2.31. The van der Waals surface area contributed by atoms with Crippen molar-refractivity contribution < 1.29 is 35.9 Å². The van der Waals surface area contributed by atoms with Crippen molar-refractivity contribution in [2.45, 2.75) is 5.76 Å². The monoisotopic (exact) mass is 392 g/mol. The molecule has 2 aromatic rings. The first-order chi connectivity index (χ1) is 12.2. The van der Waals surface area contributed by atoms with E-state index in [2.05, 4.69) is 15.0 Å². The van der Waals surface area contributed by atoms with Gasteiger partial charge < -0.3 is 9.47 Å². The summed E-state index contributed by atoms with van der Waals surface area (Å²) >= 11 is 0. The zero-order chi connectivity index (χ0) is 19.5. The number of benzene rings is 1. The zero-order valence-electron chi connectivity index (χ0n) is 13.2. The highest BCUT2D eigenvalue weighted by atomic mass is 32.2. The lowest BCUT2D eigenvalue weighted by Crippen LogP contribution is -2.22. The molecule has 0 aliphatic rings. The molecule has 1 aromatic heterocycles. The predicted molar refractivity (Wildman–Crippen MR) is 81.3 cm³/mol. The van der Waals surface area contributed by atoms with Crippen molar-refractivity contribution in [1.29, 1.82) is 0 Å². The van der Waals surface area contributed by atoms with Crippen molar-refractivity contribution in [3.05, 3.63) is 35.4 Å². The Hall–Kier alpha value is -2.96. The number of hydrogen-bond acceptors (Lipinski definition) is 8. The molecule has 0 amide bonds. The van der Waals surface area contributed by atoms with E-state index in [1.54, 1.807) is 0 Å². The molecule has 26 heavy (non-hydrogen) atoms. The summed E-state index contributed by atoms with van der Waals surface area (Å²) in [5.74, 6) is -6.32. The second-order valence-electron chi connectivity index (χ2n) is 4.56. The molecular weight excluding hydrogens is 381 g/mol. The lowest BCUT2D eigenvalue weighted by Gasteiger charge is -2.11. The van der Waals surface area contributed by atoms with Crippen LogP contribution in [0.4, 0.5) is 18.9 Å². The molecule has 13 heteroatoms. The Morgan fingerprint density at radius 3 is 2.19 bits per heavy atom. The molecule has 0 aliphatic carbocycles. The van der Waals surface area contributed by atoms with Gasteiger partial charge in [-0.25, -0.2) is 12.8 Å². The van der Waals surface area contributed by atoms with Gasteiger partial charge in [0, 0.05) is 0 Å². The normalized spacial score (nSPS) is 11.3. The standard InChI is InChI=1S/C13H11F3N4O5S/c1-24-12-17-10(18-13(19-12)25-2)9(21)7-5-6(14)3-4-8(7)20-26(22,23)11(15)16/h3-5,11,20H,1-2H3. The molecular formula is C13H11F3N4O5S. The molecule has 9 nitrogen and oxygen atoms in total. The Morgan fingerprint density at radius 2 is 1.69 bits per heavy atom. The van der Waals surface area contributed by atoms with Crippen molar-refractivity contribution in [3.8, 4) is 12.0 Å². The van der Waals surface area contributed by atoms with Crippen molar-refractivity contribution in [2.75, 3.05) is 18.9 Å². The van der Waals surface area contributed by atoms with Gasteiger partial charge in [-0.1, -0.05) is 0 Å². The number of ketones is 1. The molecule has 1 heterocycles. The summed E-state index contributed by atoms with van der Waals surface area (Å²) in [5, 5.41) is 0. The van der Waals surface area contributed by atoms with Crippen molar-refractivity contribution in [3.63, 3.8) is 0 Å². The van der Waals surface area contributed by atoms with Gasteiger partial charge in [0.1, 0.15) is 5.82 Å². The van der Waals surface area contributed by atoms with Gasteiger partial charge in [0.15, 0.2) is 0 Å². The van der Waals surface area contributed by atoms with E-state index >= 15 is 0 Å². The van der Waals surface area contributed by atoms with Crippen LogP contribution in [0, 0.1) is 5.82 Å². The van der Waals surface area contributed by atoms with Crippen molar-refractivity contribution >= 4 is 21.5 Å². The van der Waals surface area contributed by atoms with Crippen LogP contribution in [-0.2, 0) is 10.0 Å². The van der Waals surface area contributed by atoms with Gasteiger partial charge >= 0.3 is 17.8 Å². The third kappa shape index (κ3) is 4.17. The Labute approximate surface area is 145 Å². The largest absolute Gasteiger partial charge is 0.467 e. The summed E-state index contributed by atoms with van der Waals surface area (Å²) in [6, 6.07) is 1.65. The van der Waals surface area contributed by atoms with E-state index in [0.29, 0.717) is 6.07 Å². The van der Waals surface area contributed by atoms with Gasteiger partial charge in [-0.15, -0.1) is 4.98 Å². The van der Waals surface area contributed by atoms with Gasteiger partial charge in [0.2, 0.25) is 11.6 Å². The summed E-state index contributed by atoms with van der Waals surface area (Å²) in [6.45, 7) is 0. The average molecular weight is 392 g/mol. The maximum Gasteiger partial charge on any atom is 0.355 e. The number of sulfonamides is 1. The minimum Gasteiger partial charge on any atom is -0.467 e. The molecule has 1 aromatic carbocycles. The molecule has 0 saturated heterocycles. The number of hydrogen-bond donors (Lipinski definition) is 1. The molecule has 0 radical (unpaired) electrons. The summed E-state index contributed by atoms with van der Waals surface area (Å²) in [4.78, 5) is 23.5. The van der Waals surface area contributed by atoms with Crippen LogP contribution < -0.4 is 14.2 Å². The number of nitrogens with one attached hydrogen (secondary N) is 1. The average Bonchev–Trinajstić information content (AvgIpc) is 2.61. The number of methoxy groups -OCH3 is 2. The van der Waals surface area contributed by atoms with Crippen LogP contribution >= 0.6 is 0 Å². The minimum absolute atomic E-state index is 0.300. The van der Waals surface area contributed by atoms with Crippen LogP contribution in [0.1, 0.15) is 16.2 Å². The molecule has 2 rings (SSSR count). The number of aromatic nitrogens is 3. The van der Waals surface area contributed by atoms with Crippen LogP contribution in [0.25, 0.3) is 0 Å². The number of halogens is 3. The first-order valence-corrected chi connectivity index (χ1v) is 8.20. The number of nitrogens with zero attached hydrogens (tertiary/aromatic N) is 3. The van der Waals surface area contributed by atoms with E-state index in [0.717, 1.165) is 12.1 Å². The fourth-order valence-electron chi connectivity index (χ4n) is 1.73. The number of carbonyl (C=O) groups is 1. The van der Waals surface area contributed by atoms with Gasteiger partial charge in [0.05, 0.1) is 25.5 Å². The molecule has 1 N–H and O–H groups in total. The van der Waals surface area contributed by atoms with Gasteiger partial charge in [0.25, 0.3) is 10.0 Å². The van der Waals surface area contributed by atoms with Gasteiger partial charge in [-0.05, 0) is 18.2 Å². The highest BCUT2D eigenvalue weighted by Gasteiger charge is 2.27. The number of carbonyl (C=O) groups excluding carboxylic acids is 1. The molecule has 0 aliphatic heterocycles.